The van der Waals surface area contributed by atoms with Gasteiger partial charge < -0.3 is 5.21 Å². The van der Waals surface area contributed by atoms with Crippen LogP contribution in [0.15, 0.2) is 35.5 Å². The van der Waals surface area contributed by atoms with Crippen LogP contribution in [-0.4, -0.2) is 10.4 Å². The summed E-state index contributed by atoms with van der Waals surface area (Å²) in [4.78, 5) is 0. The first-order valence-electron chi connectivity index (χ1n) is 3.23. The molecule has 0 amide bonds. The maximum atomic E-state index is 8.25. The van der Waals surface area contributed by atoms with Crippen molar-refractivity contribution in [1.29, 1.82) is 0 Å². The second kappa shape index (κ2) is 3.98. The second-order valence-corrected chi connectivity index (χ2v) is 2.57. The standard InChI is InChI=1S/C8H8ClNO/c9-8(10-11)6-7-4-2-1-3-5-7/h1-5,11H,6H2/b10-8-. The third-order valence-electron chi connectivity index (χ3n) is 1.30. The lowest BCUT2D eigenvalue weighted by Crippen LogP contribution is -1.93. The molecule has 0 atom stereocenters. The molecule has 58 valence electrons. The van der Waals surface area contributed by atoms with E-state index in [1.807, 2.05) is 30.3 Å². The largest absolute Gasteiger partial charge is 0.410 e. The Balaban J connectivity index is 2.65. The molecule has 11 heavy (non-hydrogen) atoms. The van der Waals surface area contributed by atoms with Gasteiger partial charge in [-0.3, -0.25) is 0 Å². The van der Waals surface area contributed by atoms with Gasteiger partial charge in [0.05, 0.1) is 0 Å². The normalized spacial score (nSPS) is 11.5. The molecule has 0 fully saturated rings. The Morgan fingerprint density at radius 2 is 2.00 bits per heavy atom. The molecule has 0 aliphatic carbocycles. The van der Waals surface area contributed by atoms with Gasteiger partial charge in [0.15, 0.2) is 0 Å². The molecule has 0 unspecified atom stereocenters. The first-order valence-corrected chi connectivity index (χ1v) is 3.61. The maximum Gasteiger partial charge on any atom is 0.149 e. The summed E-state index contributed by atoms with van der Waals surface area (Å²) >= 11 is 5.50. The number of hydrogen-bond donors (Lipinski definition) is 1. The Hall–Kier alpha value is -1.02. The third kappa shape index (κ3) is 2.60. The quantitative estimate of drug-likeness (QED) is 0.411. The fourth-order valence-corrected chi connectivity index (χ4v) is 0.954. The minimum Gasteiger partial charge on any atom is -0.410 e. The molecule has 0 radical (unpaired) electrons. The molecule has 0 aromatic heterocycles. The van der Waals surface area contributed by atoms with E-state index in [2.05, 4.69) is 5.16 Å². The zero-order valence-corrected chi connectivity index (χ0v) is 6.62. The lowest BCUT2D eigenvalue weighted by atomic mass is 10.2. The molecule has 0 aliphatic heterocycles. The molecule has 3 heteroatoms. The van der Waals surface area contributed by atoms with Crippen LogP contribution in [0.2, 0.25) is 0 Å². The number of benzene rings is 1. The third-order valence-corrected chi connectivity index (χ3v) is 1.51. The lowest BCUT2D eigenvalue weighted by molar-refractivity contribution is 0.319. The minimum atomic E-state index is 0.205. The highest BCUT2D eigenvalue weighted by Gasteiger charge is 1.95. The fraction of sp³-hybridized carbons (Fsp3) is 0.125. The van der Waals surface area contributed by atoms with Crippen molar-refractivity contribution in [3.05, 3.63) is 35.9 Å². The van der Waals surface area contributed by atoms with Crippen LogP contribution >= 0.6 is 11.6 Å². The second-order valence-electron chi connectivity index (χ2n) is 2.14. The predicted molar refractivity (Wildman–Crippen MR) is 45.2 cm³/mol. The molecule has 0 saturated heterocycles. The van der Waals surface area contributed by atoms with E-state index in [1.54, 1.807) is 0 Å². The van der Waals surface area contributed by atoms with Gasteiger partial charge in [-0.15, -0.1) is 0 Å². The first-order chi connectivity index (χ1) is 5.33. The summed E-state index contributed by atoms with van der Waals surface area (Å²) in [5, 5.41) is 11.3. The van der Waals surface area contributed by atoms with E-state index in [1.165, 1.54) is 0 Å². The zero-order valence-electron chi connectivity index (χ0n) is 5.87. The molecule has 1 rings (SSSR count). The molecule has 0 saturated carbocycles. The zero-order chi connectivity index (χ0) is 8.10. The van der Waals surface area contributed by atoms with Crippen molar-refractivity contribution in [2.75, 3.05) is 0 Å². The summed E-state index contributed by atoms with van der Waals surface area (Å²) in [6.07, 6.45) is 0.485. The van der Waals surface area contributed by atoms with E-state index < -0.39 is 0 Å². The highest BCUT2D eigenvalue weighted by Crippen LogP contribution is 2.02. The van der Waals surface area contributed by atoms with Crippen LogP contribution < -0.4 is 0 Å². The summed E-state index contributed by atoms with van der Waals surface area (Å²) in [6, 6.07) is 9.60. The van der Waals surface area contributed by atoms with Crippen LogP contribution in [0.3, 0.4) is 0 Å². The van der Waals surface area contributed by atoms with Gasteiger partial charge in [-0.25, -0.2) is 0 Å². The Morgan fingerprint density at radius 3 is 2.55 bits per heavy atom. The van der Waals surface area contributed by atoms with Gasteiger partial charge in [0.2, 0.25) is 0 Å². The Kier molecular flexibility index (Phi) is 2.93. The highest BCUT2D eigenvalue weighted by molar-refractivity contribution is 6.65. The SMILES string of the molecule is O/N=C(\Cl)Cc1ccccc1. The van der Waals surface area contributed by atoms with Gasteiger partial charge in [-0.2, -0.15) is 0 Å². The topological polar surface area (TPSA) is 32.6 Å². The van der Waals surface area contributed by atoms with Gasteiger partial charge in [0.25, 0.3) is 0 Å². The predicted octanol–water partition coefficient (Wildman–Crippen LogP) is 2.26. The average molecular weight is 170 g/mol. The molecular formula is C8H8ClNO. The van der Waals surface area contributed by atoms with E-state index in [0.29, 0.717) is 6.42 Å². The van der Waals surface area contributed by atoms with Gasteiger partial charge in [-0.05, 0) is 5.56 Å². The summed E-state index contributed by atoms with van der Waals surface area (Å²) in [5.74, 6) is 0. The lowest BCUT2D eigenvalue weighted by Gasteiger charge is -1.95. The van der Waals surface area contributed by atoms with Crippen LogP contribution in [0.1, 0.15) is 5.56 Å². The van der Waals surface area contributed by atoms with Crippen molar-refractivity contribution in [2.24, 2.45) is 5.16 Å². The number of nitrogens with zero attached hydrogens (tertiary/aromatic N) is 1. The van der Waals surface area contributed by atoms with Crippen LogP contribution in [0.4, 0.5) is 0 Å². The van der Waals surface area contributed by atoms with Crippen molar-refractivity contribution in [3.8, 4) is 0 Å². The fourth-order valence-electron chi connectivity index (χ4n) is 0.800. The summed E-state index contributed by atoms with van der Waals surface area (Å²) in [5.41, 5.74) is 1.04. The minimum absolute atomic E-state index is 0.205. The van der Waals surface area contributed by atoms with Gasteiger partial charge >= 0.3 is 0 Å². The molecule has 0 spiro atoms. The van der Waals surface area contributed by atoms with Crippen molar-refractivity contribution in [2.45, 2.75) is 6.42 Å². The maximum absolute atomic E-state index is 8.25. The number of hydrogen-bond acceptors (Lipinski definition) is 2. The van der Waals surface area contributed by atoms with E-state index >= 15 is 0 Å². The van der Waals surface area contributed by atoms with Crippen LogP contribution in [0, 0.1) is 0 Å². The molecule has 1 N–H and O–H groups in total. The number of rotatable bonds is 2. The number of halogens is 1. The monoisotopic (exact) mass is 169 g/mol. The molecule has 2 nitrogen and oxygen atoms in total. The van der Waals surface area contributed by atoms with Crippen molar-refractivity contribution in [3.63, 3.8) is 0 Å². The highest BCUT2D eigenvalue weighted by atomic mass is 35.5. The Morgan fingerprint density at radius 1 is 1.36 bits per heavy atom. The van der Waals surface area contributed by atoms with E-state index in [-0.39, 0.29) is 5.17 Å². The molecule has 1 aromatic carbocycles. The van der Waals surface area contributed by atoms with E-state index in [9.17, 15) is 0 Å². The Labute approximate surface area is 70.1 Å². The van der Waals surface area contributed by atoms with Gasteiger partial charge in [0, 0.05) is 6.42 Å². The van der Waals surface area contributed by atoms with E-state index in [4.69, 9.17) is 16.8 Å². The van der Waals surface area contributed by atoms with Gasteiger partial charge in [-0.1, -0.05) is 47.1 Å². The summed E-state index contributed by atoms with van der Waals surface area (Å²) < 4.78 is 0. The average Bonchev–Trinajstić information content (AvgIpc) is 2.06. The first kappa shape index (κ1) is 8.08. The van der Waals surface area contributed by atoms with Crippen LogP contribution in [0.5, 0.6) is 0 Å². The Bertz CT molecular complexity index is 246. The molecular weight excluding hydrogens is 162 g/mol. The van der Waals surface area contributed by atoms with E-state index in [0.717, 1.165) is 5.56 Å². The van der Waals surface area contributed by atoms with Crippen molar-refractivity contribution < 1.29 is 5.21 Å². The van der Waals surface area contributed by atoms with Crippen LogP contribution in [-0.2, 0) is 6.42 Å². The summed E-state index contributed by atoms with van der Waals surface area (Å²) in [7, 11) is 0. The smallest absolute Gasteiger partial charge is 0.149 e. The molecule has 0 bridgehead atoms. The molecule has 1 aromatic rings. The summed E-state index contributed by atoms with van der Waals surface area (Å²) in [6.45, 7) is 0. The number of oxime groups is 1. The molecule has 0 heterocycles. The van der Waals surface area contributed by atoms with Crippen LogP contribution in [0.25, 0.3) is 0 Å². The van der Waals surface area contributed by atoms with Crippen molar-refractivity contribution >= 4 is 16.8 Å². The van der Waals surface area contributed by atoms with Crippen molar-refractivity contribution in [1.82, 2.24) is 0 Å². The molecule has 0 aliphatic rings. The van der Waals surface area contributed by atoms with Gasteiger partial charge in [0.1, 0.15) is 5.17 Å².